The van der Waals surface area contributed by atoms with Gasteiger partial charge in [0.2, 0.25) is 6.79 Å². The lowest BCUT2D eigenvalue weighted by Gasteiger charge is -2.41. The van der Waals surface area contributed by atoms with E-state index in [1.807, 2.05) is 41.3 Å². The normalized spacial score (nSPS) is 18.2. The summed E-state index contributed by atoms with van der Waals surface area (Å²) in [4.78, 5) is 36.6. The molecular formula is C46H46Cl2N4O6. The van der Waals surface area contributed by atoms with Crippen LogP contribution in [-0.2, 0) is 43.5 Å². The molecular weight excluding hydrogens is 775 g/mol. The number of phenolic OH excluding ortho intramolecular Hbond substituents is 1. The molecule has 10 nitrogen and oxygen atoms in total. The number of fused-ring (bicyclic) bond motifs is 4. The average molecular weight is 822 g/mol. The molecule has 1 fully saturated rings. The fourth-order valence-electron chi connectivity index (χ4n) is 9.49. The van der Waals surface area contributed by atoms with Crippen molar-refractivity contribution in [2.24, 2.45) is 0 Å². The van der Waals surface area contributed by atoms with Crippen LogP contribution in [0.15, 0.2) is 78.9 Å². The van der Waals surface area contributed by atoms with Crippen LogP contribution in [0.25, 0.3) is 11.3 Å². The van der Waals surface area contributed by atoms with Crippen molar-refractivity contribution >= 4 is 47.2 Å². The maximum Gasteiger partial charge on any atom is 0.264 e. The minimum absolute atomic E-state index is 0. The number of amides is 2. The Bertz CT molecular complexity index is 2390. The number of nitrogens with zero attached hydrogens (tertiary/aromatic N) is 4. The molecule has 12 heteroatoms. The maximum atomic E-state index is 15.3. The van der Waals surface area contributed by atoms with Gasteiger partial charge >= 0.3 is 0 Å². The third kappa shape index (κ3) is 7.00. The van der Waals surface area contributed by atoms with Gasteiger partial charge in [0.05, 0.1) is 24.3 Å². The average Bonchev–Trinajstić information content (AvgIpc) is 4.00. The molecule has 5 aliphatic rings. The summed E-state index contributed by atoms with van der Waals surface area (Å²) < 4.78 is 19.7. The van der Waals surface area contributed by atoms with E-state index < -0.39 is 0 Å². The van der Waals surface area contributed by atoms with Crippen LogP contribution in [0.5, 0.6) is 17.2 Å². The molecule has 0 unspecified atom stereocenters. The van der Waals surface area contributed by atoms with Crippen LogP contribution in [0, 0.1) is 0 Å². The Kier molecular flexibility index (Phi) is 10.6. The summed E-state index contributed by atoms with van der Waals surface area (Å²) in [5, 5.41) is 10.9. The number of aromatic hydroxyl groups is 1. The summed E-state index contributed by atoms with van der Waals surface area (Å²) in [6.45, 7) is 4.87. The number of anilines is 2. The number of carbonyl (C=O) groups is 2. The van der Waals surface area contributed by atoms with Gasteiger partial charge in [0.25, 0.3) is 11.8 Å². The Balaban J connectivity index is 0.00000436. The number of rotatable bonds is 7. The van der Waals surface area contributed by atoms with Crippen molar-refractivity contribution in [2.75, 3.05) is 44.5 Å². The van der Waals surface area contributed by atoms with Gasteiger partial charge in [-0.15, -0.1) is 12.4 Å². The highest BCUT2D eigenvalue weighted by atomic mass is 35.5. The smallest absolute Gasteiger partial charge is 0.264 e. The lowest BCUT2D eigenvalue weighted by molar-refractivity contribution is 0.0193. The third-order valence-corrected chi connectivity index (χ3v) is 12.8. The molecule has 300 valence electrons. The summed E-state index contributed by atoms with van der Waals surface area (Å²) in [5.74, 6) is 0.986. The standard InChI is InChI=1S/C46H45ClN4O6.ClH/c47-40-8-4-7-31-26-50(34(22-36(31)40)27-48-17-19-55-20-18-48)45(53)38-25-44-43(56-28-57-44)24-37(38)42-23-39(41-9-1-2-16-49(41)42)46(54)51(32-12-14-35(52)15-13-32)33-11-10-29-5-3-6-30(29)21-33;/h4,7-8,10-15,21,23-25,34,52H,1-3,5-6,9,16-20,22,26-28H2;1H/t34-;/m0./s1. The molecule has 1 atom stereocenters. The molecule has 2 amide bonds. The highest BCUT2D eigenvalue weighted by Gasteiger charge is 2.37. The number of hydrogen-bond acceptors (Lipinski definition) is 7. The van der Waals surface area contributed by atoms with Gasteiger partial charge in [-0.3, -0.25) is 19.4 Å². The fourth-order valence-corrected chi connectivity index (χ4v) is 9.77. The number of halogens is 2. The Morgan fingerprint density at radius 3 is 2.40 bits per heavy atom. The second-order valence-electron chi connectivity index (χ2n) is 15.8. The number of ether oxygens (including phenoxy) is 3. The third-order valence-electron chi connectivity index (χ3n) is 12.4. The van der Waals surface area contributed by atoms with Gasteiger partial charge in [0.1, 0.15) is 5.75 Å². The number of hydrogen-bond donors (Lipinski definition) is 1. The molecule has 4 aliphatic heterocycles. The van der Waals surface area contributed by atoms with E-state index in [1.165, 1.54) is 11.1 Å². The topological polar surface area (TPSA) is 96.7 Å². The molecule has 1 aliphatic carbocycles. The predicted molar refractivity (Wildman–Crippen MR) is 225 cm³/mol. The second kappa shape index (κ2) is 16.0. The van der Waals surface area contributed by atoms with Crippen LogP contribution in [0.4, 0.5) is 11.4 Å². The van der Waals surface area contributed by atoms with Gasteiger partial charge in [0.15, 0.2) is 11.5 Å². The first-order valence-electron chi connectivity index (χ1n) is 20.2. The van der Waals surface area contributed by atoms with E-state index in [9.17, 15) is 5.11 Å². The van der Waals surface area contributed by atoms with E-state index in [-0.39, 0.29) is 42.8 Å². The predicted octanol–water partition coefficient (Wildman–Crippen LogP) is 8.37. The molecule has 0 bridgehead atoms. The minimum atomic E-state index is -0.153. The summed E-state index contributed by atoms with van der Waals surface area (Å²) in [5.41, 5.74) is 9.77. The Hall–Kier alpha value is -5.00. The van der Waals surface area contributed by atoms with E-state index in [2.05, 4.69) is 27.7 Å². The van der Waals surface area contributed by atoms with Crippen LogP contribution < -0.4 is 14.4 Å². The van der Waals surface area contributed by atoms with Crippen LogP contribution in [-0.4, -0.2) is 77.0 Å². The number of aryl methyl sites for hydroxylation is 2. The van der Waals surface area contributed by atoms with E-state index in [0.717, 1.165) is 84.8 Å². The number of carbonyl (C=O) groups excluding carboxylic acids is 2. The fraction of sp³-hybridized carbons (Fsp3) is 0.348. The molecule has 0 spiro atoms. The second-order valence-corrected chi connectivity index (χ2v) is 16.2. The van der Waals surface area contributed by atoms with Gasteiger partial charge in [-0.25, -0.2) is 0 Å². The molecule has 5 aromatic rings. The van der Waals surface area contributed by atoms with Crippen molar-refractivity contribution in [1.82, 2.24) is 14.4 Å². The zero-order valence-electron chi connectivity index (χ0n) is 32.3. The van der Waals surface area contributed by atoms with Gasteiger partial charge < -0.3 is 28.8 Å². The van der Waals surface area contributed by atoms with Crippen molar-refractivity contribution < 1.29 is 28.9 Å². The van der Waals surface area contributed by atoms with E-state index >= 15 is 9.59 Å². The number of phenols is 1. The SMILES string of the molecule is Cl.O=C(c1cc(-c2cc3c(cc2C(=O)N2Cc4cccc(Cl)c4C[C@H]2CN2CCOCC2)OCO3)n2c1CCCC2)N(c1ccc(O)cc1)c1ccc2c(c1)CCC2. The summed E-state index contributed by atoms with van der Waals surface area (Å²) in [6, 6.07) is 24.7. The van der Waals surface area contributed by atoms with Gasteiger partial charge in [0, 0.05) is 72.1 Å². The van der Waals surface area contributed by atoms with E-state index in [0.29, 0.717) is 73.1 Å². The van der Waals surface area contributed by atoms with Crippen LogP contribution in [0.2, 0.25) is 5.02 Å². The lowest BCUT2D eigenvalue weighted by atomic mass is 9.91. The quantitative estimate of drug-likeness (QED) is 0.176. The van der Waals surface area contributed by atoms with Crippen molar-refractivity contribution in [1.29, 1.82) is 0 Å². The Morgan fingerprint density at radius 1 is 0.793 bits per heavy atom. The lowest BCUT2D eigenvalue weighted by Crippen LogP contribution is -2.52. The number of morpholine rings is 1. The first-order chi connectivity index (χ1) is 27.9. The van der Waals surface area contributed by atoms with Crippen molar-refractivity contribution in [2.45, 2.75) is 64.1 Å². The van der Waals surface area contributed by atoms with E-state index in [4.69, 9.17) is 25.8 Å². The van der Waals surface area contributed by atoms with Gasteiger partial charge in [-0.2, -0.15) is 0 Å². The Morgan fingerprint density at radius 2 is 1.57 bits per heavy atom. The molecule has 1 saturated heterocycles. The van der Waals surface area contributed by atoms with Crippen LogP contribution >= 0.6 is 24.0 Å². The first kappa shape index (κ1) is 38.5. The molecule has 5 heterocycles. The summed E-state index contributed by atoms with van der Waals surface area (Å²) in [7, 11) is 0. The van der Waals surface area contributed by atoms with Crippen molar-refractivity contribution in [3.63, 3.8) is 0 Å². The molecule has 1 aromatic heterocycles. The highest BCUT2D eigenvalue weighted by Crippen LogP contribution is 2.43. The zero-order valence-corrected chi connectivity index (χ0v) is 33.8. The molecule has 10 rings (SSSR count). The minimum Gasteiger partial charge on any atom is -0.508 e. The molecule has 0 saturated carbocycles. The van der Waals surface area contributed by atoms with E-state index in [1.54, 1.807) is 29.2 Å². The molecule has 1 N–H and O–H groups in total. The van der Waals surface area contributed by atoms with Gasteiger partial charge in [-0.05, 0) is 128 Å². The largest absolute Gasteiger partial charge is 0.508 e. The maximum absolute atomic E-state index is 15.3. The molecule has 58 heavy (non-hydrogen) atoms. The molecule has 4 aromatic carbocycles. The van der Waals surface area contributed by atoms with Gasteiger partial charge in [-0.1, -0.05) is 29.8 Å². The zero-order chi connectivity index (χ0) is 38.6. The molecule has 0 radical (unpaired) electrons. The summed E-state index contributed by atoms with van der Waals surface area (Å²) in [6.07, 6.45) is 6.41. The van der Waals surface area contributed by atoms with Crippen LogP contribution in [0.3, 0.4) is 0 Å². The highest BCUT2D eigenvalue weighted by molar-refractivity contribution is 6.31. The Labute approximate surface area is 349 Å². The van der Waals surface area contributed by atoms with Crippen molar-refractivity contribution in [3.05, 3.63) is 123 Å². The monoisotopic (exact) mass is 820 g/mol. The van der Waals surface area contributed by atoms with Crippen molar-refractivity contribution in [3.8, 4) is 28.5 Å². The van der Waals surface area contributed by atoms with Crippen LogP contribution in [0.1, 0.15) is 67.9 Å². The number of benzene rings is 4. The first-order valence-corrected chi connectivity index (χ1v) is 20.6. The number of aromatic nitrogens is 1. The summed E-state index contributed by atoms with van der Waals surface area (Å²) >= 11 is 6.78.